The Morgan fingerprint density at radius 2 is 1.77 bits per heavy atom. The van der Waals surface area contributed by atoms with Gasteiger partial charge in [-0.2, -0.15) is 0 Å². The van der Waals surface area contributed by atoms with Crippen LogP contribution in [0.3, 0.4) is 0 Å². The van der Waals surface area contributed by atoms with E-state index in [-0.39, 0.29) is 11.0 Å². The van der Waals surface area contributed by atoms with Gasteiger partial charge in [0.15, 0.2) is 0 Å². The van der Waals surface area contributed by atoms with Gasteiger partial charge in [0, 0.05) is 29.4 Å². The second kappa shape index (κ2) is 5.58. The lowest BCUT2D eigenvalue weighted by atomic mass is 9.90. The molecule has 0 fully saturated rings. The fourth-order valence-electron chi connectivity index (χ4n) is 2.87. The Balaban J connectivity index is 2.61. The number of imidazole rings is 1. The number of aromatic nitrogens is 2. The molecular weight excluding hydrogens is 272 g/mol. The van der Waals surface area contributed by atoms with Gasteiger partial charge in [-0.25, -0.2) is 4.98 Å². The van der Waals surface area contributed by atoms with E-state index in [9.17, 15) is 0 Å². The molecule has 0 atom stereocenters. The van der Waals surface area contributed by atoms with Gasteiger partial charge in [0.2, 0.25) is 0 Å². The Labute approximate surface area is 134 Å². The summed E-state index contributed by atoms with van der Waals surface area (Å²) < 4.78 is 2.16. The summed E-state index contributed by atoms with van der Waals surface area (Å²) in [5.41, 5.74) is 10.3. The van der Waals surface area contributed by atoms with Gasteiger partial charge in [-0.15, -0.1) is 0 Å². The minimum atomic E-state index is 0.00735. The van der Waals surface area contributed by atoms with Crippen LogP contribution < -0.4 is 5.73 Å². The molecule has 0 radical (unpaired) electrons. The third kappa shape index (κ3) is 3.27. The molecule has 122 valence electrons. The Kier molecular flexibility index (Phi) is 4.26. The van der Waals surface area contributed by atoms with Crippen LogP contribution in [-0.2, 0) is 12.0 Å². The maximum absolute atomic E-state index is 6.00. The van der Waals surface area contributed by atoms with E-state index in [4.69, 9.17) is 10.7 Å². The van der Waals surface area contributed by atoms with Crippen LogP contribution in [0, 0.1) is 0 Å². The third-order valence-corrected chi connectivity index (χ3v) is 4.12. The molecule has 2 aromatic heterocycles. The molecule has 0 aliphatic heterocycles. The van der Waals surface area contributed by atoms with Crippen molar-refractivity contribution >= 4 is 11.3 Å². The van der Waals surface area contributed by atoms with Crippen molar-refractivity contribution in [2.75, 3.05) is 12.3 Å². The molecule has 0 spiro atoms. The monoisotopic (exact) mass is 302 g/mol. The molecule has 0 unspecified atom stereocenters. The lowest BCUT2D eigenvalue weighted by Gasteiger charge is -2.35. The number of nitrogens with two attached hydrogens (primary N) is 1. The number of nitrogen functional groups attached to an aromatic ring is 1. The van der Waals surface area contributed by atoms with E-state index in [1.54, 1.807) is 0 Å². The van der Waals surface area contributed by atoms with E-state index in [0.29, 0.717) is 0 Å². The zero-order valence-corrected chi connectivity index (χ0v) is 15.1. The molecule has 0 saturated carbocycles. The summed E-state index contributed by atoms with van der Waals surface area (Å²) in [5.74, 6) is 0. The first-order valence-corrected chi connectivity index (χ1v) is 8.06. The first-order valence-electron chi connectivity index (χ1n) is 8.06. The highest BCUT2D eigenvalue weighted by atomic mass is 15.2. The van der Waals surface area contributed by atoms with Crippen molar-refractivity contribution in [3.05, 3.63) is 29.7 Å². The minimum Gasteiger partial charge on any atom is -0.398 e. The van der Waals surface area contributed by atoms with Gasteiger partial charge in [0.25, 0.3) is 0 Å². The maximum atomic E-state index is 6.00. The van der Waals surface area contributed by atoms with Crippen molar-refractivity contribution in [1.82, 2.24) is 14.3 Å². The third-order valence-electron chi connectivity index (χ3n) is 4.12. The largest absolute Gasteiger partial charge is 0.398 e. The van der Waals surface area contributed by atoms with Gasteiger partial charge in [-0.3, -0.25) is 4.90 Å². The normalized spacial score (nSPS) is 13.3. The van der Waals surface area contributed by atoms with Gasteiger partial charge in [0.1, 0.15) is 5.65 Å². The predicted octanol–water partition coefficient (Wildman–Crippen LogP) is 3.83. The Hall–Kier alpha value is -1.55. The molecule has 2 rings (SSSR count). The summed E-state index contributed by atoms with van der Waals surface area (Å²) in [4.78, 5) is 7.34. The zero-order valence-electron chi connectivity index (χ0n) is 15.1. The number of nitrogens with zero attached hydrogens (tertiary/aromatic N) is 3. The van der Waals surface area contributed by atoms with Crippen LogP contribution in [0.1, 0.15) is 59.9 Å². The van der Waals surface area contributed by atoms with E-state index < -0.39 is 0 Å². The Bertz CT molecular complexity index is 656. The molecular formula is C18H30N4. The number of hydrogen-bond donors (Lipinski definition) is 1. The van der Waals surface area contributed by atoms with Crippen molar-refractivity contribution < 1.29 is 0 Å². The van der Waals surface area contributed by atoms with Crippen molar-refractivity contribution in [3.8, 4) is 0 Å². The number of anilines is 1. The molecule has 2 N–H and O–H groups in total. The lowest BCUT2D eigenvalue weighted by molar-refractivity contribution is 0.133. The Morgan fingerprint density at radius 1 is 1.14 bits per heavy atom. The fraction of sp³-hybridized carbons (Fsp3) is 0.611. The summed E-state index contributed by atoms with van der Waals surface area (Å²) in [5, 5.41) is 0. The molecule has 0 amide bonds. The lowest BCUT2D eigenvalue weighted by Crippen LogP contribution is -2.41. The predicted molar refractivity (Wildman–Crippen MR) is 94.1 cm³/mol. The topological polar surface area (TPSA) is 46.6 Å². The molecule has 0 bridgehead atoms. The van der Waals surface area contributed by atoms with E-state index >= 15 is 0 Å². The van der Waals surface area contributed by atoms with Gasteiger partial charge in [0.05, 0.1) is 11.4 Å². The van der Waals surface area contributed by atoms with Gasteiger partial charge in [-0.05, 0) is 39.4 Å². The molecule has 4 nitrogen and oxygen atoms in total. The van der Waals surface area contributed by atoms with Crippen LogP contribution in [0.4, 0.5) is 5.69 Å². The number of rotatable bonds is 3. The van der Waals surface area contributed by atoms with Crippen LogP contribution in [0.25, 0.3) is 5.65 Å². The minimum absolute atomic E-state index is 0.00735. The molecule has 4 heteroatoms. The van der Waals surface area contributed by atoms with Crippen molar-refractivity contribution in [1.29, 1.82) is 0 Å². The van der Waals surface area contributed by atoms with E-state index in [1.807, 2.05) is 18.3 Å². The number of pyridine rings is 1. The van der Waals surface area contributed by atoms with E-state index in [0.717, 1.165) is 30.1 Å². The van der Waals surface area contributed by atoms with E-state index in [2.05, 4.69) is 57.8 Å². The number of hydrogen-bond acceptors (Lipinski definition) is 3. The SMILES string of the molecule is CCN(Cc1c(C(C)(C)C)nc2ccc(N)cn12)C(C)(C)C. The second-order valence-corrected chi connectivity index (χ2v) is 8.03. The molecule has 2 aromatic rings. The van der Waals surface area contributed by atoms with Gasteiger partial charge < -0.3 is 10.1 Å². The fourth-order valence-corrected chi connectivity index (χ4v) is 2.87. The standard InChI is InChI=1S/C18H30N4/c1-8-21(18(5,6)7)12-14-16(17(2,3)4)20-15-10-9-13(19)11-22(14)15/h9-11H,8,12,19H2,1-7H3. The average Bonchev–Trinajstić information content (AvgIpc) is 2.72. The number of fused-ring (bicyclic) bond motifs is 1. The van der Waals surface area contributed by atoms with Crippen LogP contribution in [0.5, 0.6) is 0 Å². The molecule has 0 saturated heterocycles. The average molecular weight is 302 g/mol. The second-order valence-electron chi connectivity index (χ2n) is 8.03. The van der Waals surface area contributed by atoms with Gasteiger partial charge >= 0.3 is 0 Å². The van der Waals surface area contributed by atoms with Crippen molar-refractivity contribution in [2.24, 2.45) is 0 Å². The van der Waals surface area contributed by atoms with Crippen LogP contribution in [0.15, 0.2) is 18.3 Å². The first-order chi connectivity index (χ1) is 10.0. The molecule has 2 heterocycles. The summed E-state index contributed by atoms with van der Waals surface area (Å²) in [7, 11) is 0. The molecule has 0 aromatic carbocycles. The highest BCUT2D eigenvalue weighted by Crippen LogP contribution is 2.29. The highest BCUT2D eigenvalue weighted by molar-refractivity contribution is 5.51. The Morgan fingerprint density at radius 3 is 2.27 bits per heavy atom. The van der Waals surface area contributed by atoms with E-state index in [1.165, 1.54) is 5.69 Å². The van der Waals surface area contributed by atoms with Crippen LogP contribution in [-0.4, -0.2) is 26.4 Å². The summed E-state index contributed by atoms with van der Waals surface area (Å²) in [6.45, 7) is 17.5. The summed E-state index contributed by atoms with van der Waals surface area (Å²) >= 11 is 0. The quantitative estimate of drug-likeness (QED) is 0.937. The van der Waals surface area contributed by atoms with Crippen LogP contribution in [0.2, 0.25) is 0 Å². The van der Waals surface area contributed by atoms with Crippen molar-refractivity contribution in [3.63, 3.8) is 0 Å². The molecule has 22 heavy (non-hydrogen) atoms. The molecule has 0 aliphatic rings. The van der Waals surface area contributed by atoms with Gasteiger partial charge in [-0.1, -0.05) is 27.7 Å². The van der Waals surface area contributed by atoms with Crippen LogP contribution >= 0.6 is 0 Å². The summed E-state index contributed by atoms with van der Waals surface area (Å²) in [6, 6.07) is 3.92. The first kappa shape index (κ1) is 16.8. The smallest absolute Gasteiger partial charge is 0.137 e. The summed E-state index contributed by atoms with van der Waals surface area (Å²) in [6.07, 6.45) is 1.99. The highest BCUT2D eigenvalue weighted by Gasteiger charge is 2.27. The zero-order chi connectivity index (χ0) is 16.7. The maximum Gasteiger partial charge on any atom is 0.137 e. The molecule has 0 aliphatic carbocycles. The van der Waals surface area contributed by atoms with Crippen molar-refractivity contribution in [2.45, 2.75) is 66.0 Å².